The minimum Gasteiger partial charge on any atom is -1.00 e. The van der Waals surface area contributed by atoms with Gasteiger partial charge >= 0.3 is 133 Å². The van der Waals surface area contributed by atoms with Gasteiger partial charge in [-0.2, -0.15) is 0 Å². The Morgan fingerprint density at radius 1 is 1.26 bits per heavy atom. The van der Waals surface area contributed by atoms with E-state index in [9.17, 15) is 0 Å². The average Bonchev–Trinajstić information content (AvgIpc) is 2.64. The van der Waals surface area contributed by atoms with Crippen LogP contribution in [0.15, 0.2) is 21.5 Å². The van der Waals surface area contributed by atoms with E-state index in [-0.39, 0.29) is 24.8 Å². The first-order valence-corrected chi connectivity index (χ1v) is 19.1. The van der Waals surface area contributed by atoms with Crippen molar-refractivity contribution in [3.05, 3.63) is 21.5 Å². The van der Waals surface area contributed by atoms with Crippen LogP contribution in [-0.4, -0.2) is 11.2 Å². The van der Waals surface area contributed by atoms with Crippen molar-refractivity contribution in [1.29, 1.82) is 0 Å². The van der Waals surface area contributed by atoms with Crippen molar-refractivity contribution in [3.63, 3.8) is 0 Å². The van der Waals surface area contributed by atoms with Gasteiger partial charge in [-0.1, -0.05) is 0 Å². The predicted molar refractivity (Wildman–Crippen MR) is 81.3 cm³/mol. The molecule has 0 nitrogen and oxygen atoms in total. The van der Waals surface area contributed by atoms with Crippen LogP contribution in [0.5, 0.6) is 0 Å². The Balaban J connectivity index is 0. The first-order chi connectivity index (χ1) is 7.85. The summed E-state index contributed by atoms with van der Waals surface area (Å²) in [5.74, 6) is 0. The number of allylic oxidation sites excluding steroid dienone is 4. The Kier molecular flexibility index (Phi) is 13.5. The average molecular weight is 476 g/mol. The molecule has 0 spiro atoms. The van der Waals surface area contributed by atoms with Crippen LogP contribution in [0, 0.1) is 0 Å². The van der Waals surface area contributed by atoms with Gasteiger partial charge in [-0.3, -0.25) is 0 Å². The van der Waals surface area contributed by atoms with E-state index in [0.717, 1.165) is 5.67 Å². The molecule has 1 aliphatic rings. The Morgan fingerprint density at radius 2 is 1.89 bits per heavy atom. The molecule has 1 aliphatic carbocycles. The molecule has 19 heavy (non-hydrogen) atoms. The van der Waals surface area contributed by atoms with Crippen molar-refractivity contribution in [1.82, 2.24) is 0 Å². The first-order valence-electron chi connectivity index (χ1n) is 6.05. The second-order valence-electron chi connectivity index (χ2n) is 4.91. The van der Waals surface area contributed by atoms with Crippen LogP contribution in [0.25, 0.3) is 0 Å². The van der Waals surface area contributed by atoms with E-state index in [1.807, 2.05) is 0 Å². The summed E-state index contributed by atoms with van der Waals surface area (Å²) in [5.41, 5.74) is 0.980. The minimum absolute atomic E-state index is 0. The zero-order valence-corrected chi connectivity index (χ0v) is 19.4. The number of halogens is 5. The van der Waals surface area contributed by atoms with Crippen molar-refractivity contribution < 1.29 is 47.2 Å². The van der Waals surface area contributed by atoms with Crippen LogP contribution in [-0.2, 0) is 22.4 Å². The maximum atomic E-state index is 6.18. The maximum absolute atomic E-state index is 6.18. The van der Waals surface area contributed by atoms with Crippen LogP contribution in [0.1, 0.15) is 26.2 Å². The molecule has 0 amide bonds. The SMILES string of the molecule is CCCC[Si](C)(C[Si](Cl)(Cl)Cl)[Zr+2][C]1=CC=CC1.[Cl-].[Cl-]. The van der Waals surface area contributed by atoms with Gasteiger partial charge in [-0.05, 0) is 0 Å². The first kappa shape index (κ1) is 23.5. The molecule has 1 rings (SSSR count). The molecule has 1 unspecified atom stereocenters. The molecule has 0 saturated heterocycles. The zero-order valence-electron chi connectivity index (χ0n) is 11.2. The van der Waals surface area contributed by atoms with Crippen molar-refractivity contribution in [3.8, 4) is 0 Å². The van der Waals surface area contributed by atoms with E-state index < -0.39 is 33.6 Å². The van der Waals surface area contributed by atoms with Gasteiger partial charge in [0, 0.05) is 0 Å². The Bertz CT molecular complexity index is 317. The van der Waals surface area contributed by atoms with Gasteiger partial charge in [0.15, 0.2) is 0 Å². The smallest absolute Gasteiger partial charge is 1.00 e. The molecule has 0 N–H and O–H groups in total. The fourth-order valence-electron chi connectivity index (χ4n) is 2.13. The van der Waals surface area contributed by atoms with Crippen LogP contribution in [0.2, 0.25) is 18.3 Å². The van der Waals surface area contributed by atoms with Gasteiger partial charge in [-0.25, -0.2) is 0 Å². The summed E-state index contributed by atoms with van der Waals surface area (Å²) in [6, 6.07) is -1.07. The summed E-state index contributed by atoms with van der Waals surface area (Å²) in [6.45, 7) is 4.74. The van der Waals surface area contributed by atoms with Crippen molar-refractivity contribution in [2.24, 2.45) is 0 Å². The summed E-state index contributed by atoms with van der Waals surface area (Å²) in [5, 5.41) is -1.24. The molecule has 0 aliphatic heterocycles. The summed E-state index contributed by atoms with van der Waals surface area (Å²) in [6.07, 6.45) is 10.5. The summed E-state index contributed by atoms with van der Waals surface area (Å²) in [7, 11) is 0. The molecule has 0 heterocycles. The molecule has 1 atom stereocenters. The summed E-state index contributed by atoms with van der Waals surface area (Å²) < 4.78 is 1.71. The van der Waals surface area contributed by atoms with E-state index >= 15 is 0 Å². The fraction of sp³-hybridized carbons (Fsp3) is 0.636. The molecule has 8 heteroatoms. The summed E-state index contributed by atoms with van der Waals surface area (Å²) >= 11 is 18.0. The number of hydrogen-bond donors (Lipinski definition) is 0. The van der Waals surface area contributed by atoms with Gasteiger partial charge in [0.25, 0.3) is 0 Å². The molecule has 0 aromatic heterocycles. The van der Waals surface area contributed by atoms with Gasteiger partial charge in [0.2, 0.25) is 0 Å². The molecular weight excluding hydrogens is 457 g/mol. The third kappa shape index (κ3) is 10.6. The standard InChI is InChI=1S/C6H14Cl3Si2.C5H5.2ClH.Zr/c1-3-4-5-10(2)6-11(7,8)9;1-2-4-5-3-1;;;/h3-6H2,1-2H3;1-3H,4H2;2*1H;/q;;;;+2/p-2. The molecule has 0 aromatic rings. The minimum atomic E-state index is -2.44. The third-order valence-electron chi connectivity index (χ3n) is 2.91. The largest absolute Gasteiger partial charge is 1.00 e. The summed E-state index contributed by atoms with van der Waals surface area (Å²) in [4.78, 5) is 0. The quantitative estimate of drug-likeness (QED) is 0.344. The maximum Gasteiger partial charge on any atom is -1.00 e. The molecule has 0 radical (unpaired) electrons. The van der Waals surface area contributed by atoms with E-state index in [1.54, 1.807) is 3.28 Å². The molecule has 0 fully saturated rings. The zero-order chi connectivity index (χ0) is 12.9. The second kappa shape index (κ2) is 10.9. The number of rotatable bonds is 7. The van der Waals surface area contributed by atoms with Crippen LogP contribution < -0.4 is 24.8 Å². The Hall–Kier alpha value is 2.25. The molecular formula is C11H19Cl5Si2Zr. The number of unbranched alkanes of at least 4 members (excludes halogenated alkanes) is 1. The van der Waals surface area contributed by atoms with E-state index in [2.05, 4.69) is 31.7 Å². The van der Waals surface area contributed by atoms with E-state index in [4.69, 9.17) is 33.2 Å². The molecule has 0 aromatic carbocycles. The predicted octanol–water partition coefficient (Wildman–Crippen LogP) is -0.509. The van der Waals surface area contributed by atoms with Crippen molar-refractivity contribution in [2.75, 3.05) is 0 Å². The fourth-order valence-corrected chi connectivity index (χ4v) is 42.0. The Labute approximate surface area is 156 Å². The van der Waals surface area contributed by atoms with Gasteiger partial charge < -0.3 is 24.8 Å². The molecule has 0 bridgehead atoms. The van der Waals surface area contributed by atoms with Crippen molar-refractivity contribution >= 4 is 44.4 Å². The topological polar surface area (TPSA) is 0 Å². The molecule has 110 valence electrons. The Morgan fingerprint density at radius 3 is 2.32 bits per heavy atom. The van der Waals surface area contributed by atoms with Crippen LogP contribution in [0.4, 0.5) is 0 Å². The van der Waals surface area contributed by atoms with Crippen molar-refractivity contribution in [2.45, 2.75) is 44.4 Å². The van der Waals surface area contributed by atoms with E-state index in [1.165, 1.54) is 25.3 Å². The van der Waals surface area contributed by atoms with Gasteiger partial charge in [0.1, 0.15) is 0 Å². The number of hydrogen-bond acceptors (Lipinski definition) is 0. The van der Waals surface area contributed by atoms with Crippen LogP contribution >= 0.6 is 33.2 Å². The van der Waals surface area contributed by atoms with E-state index in [0.29, 0.717) is 0 Å². The monoisotopic (exact) mass is 472 g/mol. The molecule has 0 saturated carbocycles. The third-order valence-corrected chi connectivity index (χ3v) is 27.1. The normalized spacial score (nSPS) is 16.8. The van der Waals surface area contributed by atoms with Gasteiger partial charge in [-0.15, -0.1) is 0 Å². The second-order valence-corrected chi connectivity index (χ2v) is 31.3. The van der Waals surface area contributed by atoms with Crippen LogP contribution in [0.3, 0.4) is 0 Å². The van der Waals surface area contributed by atoms with Gasteiger partial charge in [0.05, 0.1) is 0 Å².